The van der Waals surface area contributed by atoms with Crippen LogP contribution in [-0.2, 0) is 9.59 Å². The Morgan fingerprint density at radius 3 is 2.54 bits per heavy atom. The molecular formula is C28H24N2O6S. The topological polar surface area (TPSA) is 109 Å². The number of ether oxygens (including phenoxy) is 2. The fourth-order valence-corrected chi connectivity index (χ4v) is 5.77. The highest BCUT2D eigenvalue weighted by Crippen LogP contribution is 2.46. The van der Waals surface area contributed by atoms with E-state index in [0.29, 0.717) is 22.0 Å². The number of methoxy groups -OCH3 is 2. The van der Waals surface area contributed by atoms with Crippen LogP contribution >= 0.6 is 11.3 Å². The molecule has 1 fully saturated rings. The third-order valence-electron chi connectivity index (χ3n) is 6.33. The van der Waals surface area contributed by atoms with E-state index in [1.807, 2.05) is 26.0 Å². The Bertz CT molecular complexity index is 1610. The summed E-state index contributed by atoms with van der Waals surface area (Å²) in [5.74, 6) is -1.44. The third-order valence-corrected chi connectivity index (χ3v) is 7.33. The summed E-state index contributed by atoms with van der Waals surface area (Å²) in [7, 11) is 2.91. The molecule has 0 unspecified atom stereocenters. The van der Waals surface area contributed by atoms with Gasteiger partial charge in [0.25, 0.3) is 5.78 Å². The average molecular weight is 517 g/mol. The Balaban J connectivity index is 1.76. The van der Waals surface area contributed by atoms with Crippen molar-refractivity contribution in [2.24, 2.45) is 0 Å². The summed E-state index contributed by atoms with van der Waals surface area (Å²) in [5, 5.41) is 21.8. The predicted octanol–water partition coefficient (Wildman–Crippen LogP) is 5.26. The molecule has 3 aromatic carbocycles. The first-order chi connectivity index (χ1) is 17.7. The summed E-state index contributed by atoms with van der Waals surface area (Å²) in [6.07, 6.45) is 0. The number of carbonyl (C=O) groups is 2. The van der Waals surface area contributed by atoms with E-state index in [1.54, 1.807) is 36.4 Å². The van der Waals surface area contributed by atoms with Crippen molar-refractivity contribution in [2.45, 2.75) is 19.9 Å². The van der Waals surface area contributed by atoms with Crippen LogP contribution in [0.2, 0.25) is 0 Å². The molecule has 1 aliphatic rings. The largest absolute Gasteiger partial charge is 0.507 e. The molecule has 1 aromatic heterocycles. The molecule has 1 amide bonds. The summed E-state index contributed by atoms with van der Waals surface area (Å²) < 4.78 is 11.4. The molecule has 0 spiro atoms. The molecule has 9 heteroatoms. The maximum absolute atomic E-state index is 13.5. The van der Waals surface area contributed by atoms with Gasteiger partial charge in [-0.05, 0) is 60.9 Å². The molecule has 2 N–H and O–H groups in total. The van der Waals surface area contributed by atoms with E-state index < -0.39 is 17.7 Å². The van der Waals surface area contributed by atoms with Crippen molar-refractivity contribution in [1.82, 2.24) is 4.98 Å². The van der Waals surface area contributed by atoms with Crippen LogP contribution in [0.3, 0.4) is 0 Å². The van der Waals surface area contributed by atoms with Crippen molar-refractivity contribution < 1.29 is 29.3 Å². The summed E-state index contributed by atoms with van der Waals surface area (Å²) >= 11 is 1.29. The number of nitrogens with zero attached hydrogens (tertiary/aromatic N) is 2. The van der Waals surface area contributed by atoms with Crippen LogP contribution in [0.1, 0.15) is 28.3 Å². The fraction of sp³-hybridized carbons (Fsp3) is 0.179. The van der Waals surface area contributed by atoms with Crippen LogP contribution in [0.4, 0.5) is 5.13 Å². The van der Waals surface area contributed by atoms with Crippen LogP contribution in [0.5, 0.6) is 17.2 Å². The molecule has 5 rings (SSSR count). The van der Waals surface area contributed by atoms with Gasteiger partial charge in [-0.2, -0.15) is 0 Å². The van der Waals surface area contributed by atoms with Crippen LogP contribution < -0.4 is 14.4 Å². The maximum atomic E-state index is 13.5. The van der Waals surface area contributed by atoms with Gasteiger partial charge in [0, 0.05) is 5.56 Å². The number of hydrogen-bond acceptors (Lipinski definition) is 8. The van der Waals surface area contributed by atoms with Crippen molar-refractivity contribution in [3.05, 3.63) is 82.4 Å². The molecule has 0 radical (unpaired) electrons. The Morgan fingerprint density at radius 2 is 1.81 bits per heavy atom. The van der Waals surface area contributed by atoms with Crippen molar-refractivity contribution in [3.63, 3.8) is 0 Å². The molecule has 8 nitrogen and oxygen atoms in total. The van der Waals surface area contributed by atoms with Crippen molar-refractivity contribution in [1.29, 1.82) is 0 Å². The number of aromatic hydroxyl groups is 1. The Morgan fingerprint density at radius 1 is 1.03 bits per heavy atom. The molecule has 1 saturated heterocycles. The monoisotopic (exact) mass is 516 g/mol. The van der Waals surface area contributed by atoms with E-state index >= 15 is 0 Å². The van der Waals surface area contributed by atoms with Crippen LogP contribution in [0, 0.1) is 13.8 Å². The normalized spacial score (nSPS) is 17.0. The number of ketones is 1. The third kappa shape index (κ3) is 4.07. The Labute approximate surface area is 217 Å². The lowest BCUT2D eigenvalue weighted by atomic mass is 9.95. The number of fused-ring (bicyclic) bond motifs is 1. The number of rotatable bonds is 5. The number of anilines is 1. The first-order valence-electron chi connectivity index (χ1n) is 11.4. The van der Waals surface area contributed by atoms with Gasteiger partial charge in [-0.25, -0.2) is 4.98 Å². The second-order valence-electron chi connectivity index (χ2n) is 8.76. The van der Waals surface area contributed by atoms with Crippen LogP contribution in [0.25, 0.3) is 16.0 Å². The van der Waals surface area contributed by atoms with Gasteiger partial charge in [0.15, 0.2) is 16.6 Å². The highest BCUT2D eigenvalue weighted by molar-refractivity contribution is 7.22. The molecule has 4 aromatic rings. The summed E-state index contributed by atoms with van der Waals surface area (Å²) in [6, 6.07) is 14.1. The number of aliphatic hydroxyl groups excluding tert-OH is 1. The number of hydrogen-bond donors (Lipinski definition) is 2. The van der Waals surface area contributed by atoms with E-state index in [0.717, 1.165) is 21.3 Å². The molecule has 0 bridgehead atoms. The summed E-state index contributed by atoms with van der Waals surface area (Å²) in [4.78, 5) is 33.0. The van der Waals surface area contributed by atoms with Gasteiger partial charge in [-0.1, -0.05) is 35.6 Å². The van der Waals surface area contributed by atoms with Gasteiger partial charge in [0.05, 0.1) is 36.1 Å². The molecule has 1 aliphatic heterocycles. The Kier molecular flexibility index (Phi) is 6.08. The molecule has 0 aliphatic carbocycles. The number of aryl methyl sites for hydroxylation is 2. The van der Waals surface area contributed by atoms with E-state index in [4.69, 9.17) is 14.5 Å². The minimum Gasteiger partial charge on any atom is -0.507 e. The van der Waals surface area contributed by atoms with Crippen molar-refractivity contribution in [3.8, 4) is 17.2 Å². The molecule has 2 heterocycles. The lowest BCUT2D eigenvalue weighted by molar-refractivity contribution is -0.132. The van der Waals surface area contributed by atoms with E-state index in [2.05, 4.69) is 0 Å². The fourth-order valence-electron chi connectivity index (χ4n) is 4.60. The SMILES string of the molecule is COc1cccc(C(O)=C2C(=O)C(=O)N(c3nc4c(C)cc(C)cc4s3)[C@@H]2c2ccc(O)c(OC)c2)c1. The maximum Gasteiger partial charge on any atom is 0.301 e. The van der Waals surface area contributed by atoms with Gasteiger partial charge in [0.2, 0.25) is 0 Å². The van der Waals surface area contributed by atoms with Gasteiger partial charge >= 0.3 is 5.91 Å². The van der Waals surface area contributed by atoms with Crippen LogP contribution in [0.15, 0.2) is 60.2 Å². The van der Waals surface area contributed by atoms with Gasteiger partial charge < -0.3 is 19.7 Å². The molecular weight excluding hydrogens is 492 g/mol. The smallest absolute Gasteiger partial charge is 0.301 e. The second kappa shape index (κ2) is 9.25. The predicted molar refractivity (Wildman–Crippen MR) is 142 cm³/mol. The number of amides is 1. The summed E-state index contributed by atoms with van der Waals surface area (Å²) in [6.45, 7) is 3.92. The van der Waals surface area contributed by atoms with E-state index in [9.17, 15) is 19.8 Å². The lowest BCUT2D eigenvalue weighted by Gasteiger charge is -2.23. The molecule has 37 heavy (non-hydrogen) atoms. The lowest BCUT2D eigenvalue weighted by Crippen LogP contribution is -2.29. The average Bonchev–Trinajstić information content (AvgIpc) is 3.42. The zero-order valence-corrected chi connectivity index (χ0v) is 21.4. The zero-order valence-electron chi connectivity index (χ0n) is 20.6. The number of phenolic OH excluding ortho intramolecular Hbond substituents is 1. The standard InChI is InChI=1S/C28H24N2O6S/c1-14-10-15(2)23-21(11-14)37-28(29-23)30-24(16-8-9-19(31)20(13-16)36-4)22(26(33)27(30)34)25(32)17-6-5-7-18(12-17)35-3/h5-13,24,31-32H,1-4H3/t24-/m1/s1. The quantitative estimate of drug-likeness (QED) is 0.211. The van der Waals surface area contributed by atoms with E-state index in [-0.39, 0.29) is 22.8 Å². The molecule has 0 saturated carbocycles. The van der Waals surface area contributed by atoms with Gasteiger partial charge in [0.1, 0.15) is 11.5 Å². The Hall–Kier alpha value is -4.37. The number of Topliss-reactive ketones (excluding diaryl/α,β-unsaturated/α-hetero) is 1. The second-order valence-corrected chi connectivity index (χ2v) is 9.77. The minimum atomic E-state index is -1.01. The van der Waals surface area contributed by atoms with Crippen molar-refractivity contribution in [2.75, 3.05) is 19.1 Å². The number of benzene rings is 3. The molecule has 1 atom stereocenters. The minimum absolute atomic E-state index is 0.0953. The highest BCUT2D eigenvalue weighted by atomic mass is 32.1. The summed E-state index contributed by atoms with van der Waals surface area (Å²) in [5.41, 5.74) is 3.43. The van der Waals surface area contributed by atoms with E-state index in [1.165, 1.54) is 36.5 Å². The number of carbonyl (C=O) groups excluding carboxylic acids is 2. The van der Waals surface area contributed by atoms with Gasteiger partial charge in [-0.3, -0.25) is 14.5 Å². The number of thiazole rings is 1. The first-order valence-corrected chi connectivity index (χ1v) is 12.2. The first kappa shape index (κ1) is 24.3. The molecule has 188 valence electrons. The number of phenols is 1. The number of aromatic nitrogens is 1. The van der Waals surface area contributed by atoms with Crippen LogP contribution in [-0.4, -0.2) is 41.1 Å². The zero-order chi connectivity index (χ0) is 26.4. The van der Waals surface area contributed by atoms with Gasteiger partial charge in [-0.15, -0.1) is 0 Å². The number of aliphatic hydroxyl groups is 1. The van der Waals surface area contributed by atoms with Crippen molar-refractivity contribution >= 4 is 44.1 Å². The highest BCUT2D eigenvalue weighted by Gasteiger charge is 2.48.